The molecule has 0 aliphatic heterocycles. The maximum atomic E-state index is 6.60. The number of para-hydroxylation sites is 4. The highest BCUT2D eigenvalue weighted by atomic mass is 16.3. The van der Waals surface area contributed by atoms with E-state index in [-0.39, 0.29) is 6.04 Å². The second kappa shape index (κ2) is 12.1. The first-order chi connectivity index (χ1) is 25.1. The Morgan fingerprint density at radius 2 is 1.47 bits per heavy atom. The summed E-state index contributed by atoms with van der Waals surface area (Å²) in [5, 5.41) is 14.2. The third-order valence-corrected chi connectivity index (χ3v) is 10.1. The number of furan rings is 1. The molecular formula is C46H38N4O. The normalized spacial score (nSPS) is 12.5. The molecule has 1 atom stereocenters. The van der Waals surface area contributed by atoms with Crippen molar-refractivity contribution in [3.8, 4) is 16.8 Å². The van der Waals surface area contributed by atoms with E-state index in [0.29, 0.717) is 0 Å². The minimum absolute atomic E-state index is 0.0784. The molecule has 5 aromatic carbocycles. The van der Waals surface area contributed by atoms with Crippen LogP contribution in [0.25, 0.3) is 76.8 Å². The molecule has 0 amide bonds. The predicted octanol–water partition coefficient (Wildman–Crippen LogP) is 12.6. The van der Waals surface area contributed by atoms with Gasteiger partial charge in [-0.1, -0.05) is 97.6 Å². The van der Waals surface area contributed by atoms with Crippen molar-refractivity contribution in [3.63, 3.8) is 0 Å². The van der Waals surface area contributed by atoms with Gasteiger partial charge in [-0.25, -0.2) is 0 Å². The lowest BCUT2D eigenvalue weighted by Gasteiger charge is -2.17. The molecule has 9 aromatic rings. The van der Waals surface area contributed by atoms with Crippen molar-refractivity contribution in [3.05, 3.63) is 158 Å². The Labute approximate surface area is 296 Å². The fraction of sp³-hybridized carbons (Fsp3) is 0.0870. The van der Waals surface area contributed by atoms with E-state index < -0.39 is 0 Å². The van der Waals surface area contributed by atoms with E-state index in [1.807, 2.05) is 6.07 Å². The highest BCUT2D eigenvalue weighted by Crippen LogP contribution is 2.43. The lowest BCUT2D eigenvalue weighted by molar-refractivity contribution is 0.669. The number of hydrogen-bond donors (Lipinski definition) is 2. The molecule has 0 aliphatic carbocycles. The summed E-state index contributed by atoms with van der Waals surface area (Å²) in [5.41, 5.74) is 10.7. The van der Waals surface area contributed by atoms with Gasteiger partial charge in [0.05, 0.1) is 22.2 Å². The van der Waals surface area contributed by atoms with Crippen LogP contribution in [0.5, 0.6) is 0 Å². The van der Waals surface area contributed by atoms with Crippen LogP contribution >= 0.6 is 0 Å². The molecular weight excluding hydrogens is 625 g/mol. The molecule has 248 valence electrons. The molecule has 0 saturated heterocycles. The van der Waals surface area contributed by atoms with Gasteiger partial charge < -0.3 is 19.6 Å². The summed E-state index contributed by atoms with van der Waals surface area (Å²) in [4.78, 5) is 0. The predicted molar refractivity (Wildman–Crippen MR) is 217 cm³/mol. The Morgan fingerprint density at radius 3 is 2.29 bits per heavy atom. The van der Waals surface area contributed by atoms with Crippen LogP contribution < -0.4 is 10.6 Å². The third-order valence-electron chi connectivity index (χ3n) is 10.1. The number of hydrogen-bond acceptors (Lipinski definition) is 3. The van der Waals surface area contributed by atoms with Crippen LogP contribution in [0.15, 0.2) is 157 Å². The summed E-state index contributed by atoms with van der Waals surface area (Å²) in [6.45, 7) is 10.5. The number of aryl methyl sites for hydroxylation is 1. The Balaban J connectivity index is 1.45. The Hall–Kier alpha value is -6.46. The molecule has 1 unspecified atom stereocenters. The van der Waals surface area contributed by atoms with Crippen molar-refractivity contribution in [1.82, 2.24) is 8.97 Å². The van der Waals surface area contributed by atoms with Crippen molar-refractivity contribution in [2.45, 2.75) is 26.8 Å². The zero-order chi connectivity index (χ0) is 34.6. The monoisotopic (exact) mass is 662 g/mol. The third kappa shape index (κ3) is 4.77. The van der Waals surface area contributed by atoms with Crippen molar-refractivity contribution >= 4 is 71.5 Å². The maximum absolute atomic E-state index is 6.60. The zero-order valence-electron chi connectivity index (χ0n) is 28.9. The van der Waals surface area contributed by atoms with E-state index in [1.54, 1.807) is 6.20 Å². The fourth-order valence-electron chi connectivity index (χ4n) is 8.01. The number of rotatable bonds is 7. The number of benzene rings is 5. The van der Waals surface area contributed by atoms with Gasteiger partial charge in [0.1, 0.15) is 17.0 Å². The number of allylic oxidation sites excluding steroid dienone is 1. The highest BCUT2D eigenvalue weighted by molar-refractivity contribution is 6.22. The van der Waals surface area contributed by atoms with Crippen LogP contribution in [0, 0.1) is 6.92 Å². The Kier molecular flexibility index (Phi) is 7.29. The van der Waals surface area contributed by atoms with Crippen LogP contribution in [0.4, 0.5) is 11.5 Å². The number of fused-ring (bicyclic) bond motifs is 12. The minimum atomic E-state index is 0.0784. The molecule has 0 saturated carbocycles. The molecule has 0 aliphatic rings. The first-order valence-corrected chi connectivity index (χ1v) is 17.5. The molecule has 2 bridgehead atoms. The lowest BCUT2D eigenvalue weighted by atomic mass is 9.99. The van der Waals surface area contributed by atoms with Gasteiger partial charge in [-0.2, -0.15) is 0 Å². The molecule has 0 spiro atoms. The van der Waals surface area contributed by atoms with Gasteiger partial charge in [0.25, 0.3) is 0 Å². The van der Waals surface area contributed by atoms with E-state index in [2.05, 4.69) is 180 Å². The summed E-state index contributed by atoms with van der Waals surface area (Å²) in [6.07, 6.45) is 5.98. The Morgan fingerprint density at radius 1 is 0.706 bits per heavy atom. The van der Waals surface area contributed by atoms with Gasteiger partial charge in [0.2, 0.25) is 0 Å². The minimum Gasteiger partial charge on any atom is -0.456 e. The van der Waals surface area contributed by atoms with Crippen LogP contribution in [0.1, 0.15) is 19.5 Å². The van der Waals surface area contributed by atoms with Crippen molar-refractivity contribution in [2.75, 3.05) is 10.6 Å². The molecule has 5 nitrogen and oxygen atoms in total. The molecule has 4 aromatic heterocycles. The number of nitrogens with zero attached hydrogens (tertiary/aromatic N) is 2. The van der Waals surface area contributed by atoms with Crippen LogP contribution in [0.3, 0.4) is 0 Å². The van der Waals surface area contributed by atoms with Crippen LogP contribution in [0.2, 0.25) is 0 Å². The zero-order valence-corrected chi connectivity index (χ0v) is 28.9. The van der Waals surface area contributed by atoms with Gasteiger partial charge in [-0.05, 0) is 81.1 Å². The van der Waals surface area contributed by atoms with E-state index in [4.69, 9.17) is 4.42 Å². The molecule has 5 heteroatoms. The summed E-state index contributed by atoms with van der Waals surface area (Å²) in [5.74, 6) is 0.944. The lowest BCUT2D eigenvalue weighted by Crippen LogP contribution is -2.15. The van der Waals surface area contributed by atoms with Gasteiger partial charge >= 0.3 is 0 Å². The van der Waals surface area contributed by atoms with Crippen LogP contribution in [-0.4, -0.2) is 15.0 Å². The molecule has 4 heterocycles. The van der Waals surface area contributed by atoms with E-state index in [0.717, 1.165) is 66.7 Å². The van der Waals surface area contributed by atoms with E-state index in [9.17, 15) is 0 Å². The topological polar surface area (TPSA) is 46.5 Å². The molecule has 2 N–H and O–H groups in total. The Bertz CT molecular complexity index is 2870. The van der Waals surface area contributed by atoms with Crippen molar-refractivity contribution in [2.24, 2.45) is 0 Å². The van der Waals surface area contributed by atoms with Crippen LogP contribution in [-0.2, 0) is 0 Å². The smallest absolute Gasteiger partial charge is 0.136 e. The molecule has 51 heavy (non-hydrogen) atoms. The first kappa shape index (κ1) is 30.6. The average Bonchev–Trinajstić information content (AvgIpc) is 3.79. The summed E-state index contributed by atoms with van der Waals surface area (Å²) in [7, 11) is 0. The quantitative estimate of drug-likeness (QED) is 0.167. The van der Waals surface area contributed by atoms with Crippen molar-refractivity contribution in [1.29, 1.82) is 0 Å². The number of nitrogens with one attached hydrogen (secondary N) is 2. The van der Waals surface area contributed by atoms with Gasteiger partial charge in [0.15, 0.2) is 0 Å². The molecule has 9 rings (SSSR count). The molecule has 0 radical (unpaired) electrons. The maximum Gasteiger partial charge on any atom is 0.136 e. The number of aromatic nitrogens is 2. The SMILES string of the molecule is C=CNc1ccc2oc3ccccc3c2c2c(C)n(c1NC(C)/C=C\C)c1ccc(-c3cccc4c5ccccc5n(-c5ccccc5)c34)cc21. The average molecular weight is 663 g/mol. The van der Waals surface area contributed by atoms with Gasteiger partial charge in [-0.3, -0.25) is 4.40 Å². The largest absolute Gasteiger partial charge is 0.456 e. The van der Waals surface area contributed by atoms with E-state index in [1.165, 1.54) is 27.4 Å². The van der Waals surface area contributed by atoms with Crippen molar-refractivity contribution < 1.29 is 4.42 Å². The highest BCUT2D eigenvalue weighted by Gasteiger charge is 2.21. The second-order valence-electron chi connectivity index (χ2n) is 13.2. The summed E-state index contributed by atoms with van der Waals surface area (Å²) >= 11 is 0. The number of anilines is 2. The second-order valence-corrected chi connectivity index (χ2v) is 13.2. The first-order valence-electron chi connectivity index (χ1n) is 17.5. The summed E-state index contributed by atoms with van der Waals surface area (Å²) in [6, 6.07) is 45.6. The van der Waals surface area contributed by atoms with Gasteiger partial charge in [0, 0.05) is 55.3 Å². The summed E-state index contributed by atoms with van der Waals surface area (Å²) < 4.78 is 11.4. The van der Waals surface area contributed by atoms with E-state index >= 15 is 0 Å². The van der Waals surface area contributed by atoms with Gasteiger partial charge in [-0.15, -0.1) is 0 Å². The standard InChI is InChI=1S/C46H38N4O/c1-5-15-29(3)48-46-38(47-6-2)25-27-42-44(36-19-11-13-23-41(36)51-42)43-30(4)49(46)40-26-24-31(28-37(40)43)33-20-14-21-35-34-18-10-12-22-39(34)50(45(33)35)32-16-8-7-9-17-32/h5-29,47-48H,2H2,1,3-4H3/b15-5-,27-25?,46-38?. The molecule has 0 fully saturated rings. The fourth-order valence-corrected chi connectivity index (χ4v) is 8.01.